The third-order valence-electron chi connectivity index (χ3n) is 7.75. The lowest BCUT2D eigenvalue weighted by atomic mass is 9.49. The number of carbonyl (C=O) groups excluding carboxylic acids is 1. The topological polar surface area (TPSA) is 101 Å². The van der Waals surface area contributed by atoms with Gasteiger partial charge in [-0.1, -0.05) is 6.07 Å². The number of pyridine rings is 1. The Bertz CT molecular complexity index is 1050. The number of aromatic nitrogens is 6. The quantitative estimate of drug-likeness (QED) is 0.680. The lowest BCUT2D eigenvalue weighted by Gasteiger charge is -2.56. The Morgan fingerprint density at radius 3 is 2.63 bits per heavy atom. The van der Waals surface area contributed by atoms with E-state index < -0.39 is 0 Å². The Kier molecular flexibility index (Phi) is 3.98. The lowest BCUT2D eigenvalue weighted by molar-refractivity contribution is -0.0503. The highest BCUT2D eigenvalue weighted by atomic mass is 16.1. The molecule has 0 radical (unpaired) electrons. The molecule has 4 bridgehead atoms. The summed E-state index contributed by atoms with van der Waals surface area (Å²) in [5.74, 6) is 3.22. The summed E-state index contributed by atoms with van der Waals surface area (Å²) in [6, 6.07) is 5.69. The van der Waals surface area contributed by atoms with E-state index in [-0.39, 0.29) is 11.8 Å². The van der Waals surface area contributed by atoms with Crippen LogP contribution in [0.3, 0.4) is 0 Å². The van der Waals surface area contributed by atoms with E-state index in [1.165, 1.54) is 38.5 Å². The normalized spacial score (nSPS) is 30.6. The molecule has 0 spiro atoms. The summed E-state index contributed by atoms with van der Waals surface area (Å²) in [4.78, 5) is 17.9. The molecule has 4 fully saturated rings. The van der Waals surface area contributed by atoms with Crippen LogP contribution in [-0.2, 0) is 0 Å². The van der Waals surface area contributed by atoms with Crippen LogP contribution in [0.4, 0.5) is 0 Å². The van der Waals surface area contributed by atoms with E-state index in [0.29, 0.717) is 16.9 Å². The highest BCUT2D eigenvalue weighted by Gasteiger charge is 2.50. The average molecular weight is 406 g/mol. The summed E-state index contributed by atoms with van der Waals surface area (Å²) in [7, 11) is 0. The summed E-state index contributed by atoms with van der Waals surface area (Å²) in [6.07, 6.45) is 10.1. The fraction of sp³-hybridized carbons (Fsp3) is 0.591. The molecule has 0 aliphatic heterocycles. The van der Waals surface area contributed by atoms with Crippen LogP contribution >= 0.6 is 0 Å². The fourth-order valence-electron chi connectivity index (χ4n) is 6.78. The number of nitrogens with zero attached hydrogens (tertiary/aromatic N) is 5. The van der Waals surface area contributed by atoms with E-state index in [4.69, 9.17) is 4.98 Å². The molecule has 30 heavy (non-hydrogen) atoms. The molecule has 156 valence electrons. The number of hydrogen-bond acceptors (Lipinski definition) is 5. The minimum absolute atomic E-state index is 0.0192. The molecule has 3 aromatic heterocycles. The maximum Gasteiger partial charge on any atom is 0.268 e. The van der Waals surface area contributed by atoms with E-state index in [1.54, 1.807) is 0 Å². The van der Waals surface area contributed by atoms with Crippen molar-refractivity contribution < 1.29 is 4.79 Å². The van der Waals surface area contributed by atoms with Crippen molar-refractivity contribution in [2.45, 2.75) is 51.4 Å². The van der Waals surface area contributed by atoms with E-state index in [0.717, 1.165) is 35.6 Å². The highest BCUT2D eigenvalue weighted by molar-refractivity contribution is 5.93. The Morgan fingerprint density at radius 2 is 1.97 bits per heavy atom. The third-order valence-corrected chi connectivity index (χ3v) is 7.75. The molecule has 7 rings (SSSR count). The molecule has 8 heteroatoms. The van der Waals surface area contributed by atoms with Gasteiger partial charge in [0.2, 0.25) is 0 Å². The molecule has 3 heterocycles. The fourth-order valence-corrected chi connectivity index (χ4v) is 6.78. The number of H-pyrrole nitrogens is 1. The van der Waals surface area contributed by atoms with Gasteiger partial charge in [0.25, 0.3) is 5.91 Å². The van der Waals surface area contributed by atoms with Crippen molar-refractivity contribution in [3.8, 4) is 0 Å². The minimum atomic E-state index is -0.0807. The molecule has 1 amide bonds. The van der Waals surface area contributed by atoms with Gasteiger partial charge in [0.1, 0.15) is 11.3 Å². The van der Waals surface area contributed by atoms with Gasteiger partial charge in [-0.2, -0.15) is 0 Å². The van der Waals surface area contributed by atoms with Crippen molar-refractivity contribution in [1.29, 1.82) is 0 Å². The molecule has 0 aromatic carbocycles. The molecular weight excluding hydrogens is 378 g/mol. The van der Waals surface area contributed by atoms with Crippen molar-refractivity contribution in [2.75, 3.05) is 6.54 Å². The third kappa shape index (κ3) is 2.92. The molecule has 3 aromatic rings. The minimum Gasteiger partial charge on any atom is -0.350 e. The zero-order valence-corrected chi connectivity index (χ0v) is 17.2. The van der Waals surface area contributed by atoms with Crippen LogP contribution in [0.25, 0.3) is 5.65 Å². The average Bonchev–Trinajstić information content (AvgIpc) is 3.40. The van der Waals surface area contributed by atoms with Gasteiger partial charge < -0.3 is 5.32 Å². The predicted molar refractivity (Wildman–Crippen MR) is 110 cm³/mol. The Balaban J connectivity index is 1.23. The van der Waals surface area contributed by atoms with E-state index in [1.807, 2.05) is 35.7 Å². The number of carbonyl (C=O) groups is 1. The molecule has 2 N–H and O–H groups in total. The van der Waals surface area contributed by atoms with Crippen molar-refractivity contribution in [3.63, 3.8) is 0 Å². The number of tetrazole rings is 1. The maximum absolute atomic E-state index is 13.2. The van der Waals surface area contributed by atoms with Gasteiger partial charge in [-0.15, -0.1) is 5.10 Å². The molecule has 4 saturated carbocycles. The van der Waals surface area contributed by atoms with Gasteiger partial charge in [0.15, 0.2) is 5.82 Å². The number of imidazole rings is 1. The largest absolute Gasteiger partial charge is 0.350 e. The van der Waals surface area contributed by atoms with E-state index in [9.17, 15) is 4.79 Å². The first-order valence-electron chi connectivity index (χ1n) is 11.1. The van der Waals surface area contributed by atoms with Crippen molar-refractivity contribution >= 4 is 11.6 Å². The number of hydrogen-bond donors (Lipinski definition) is 2. The first-order valence-corrected chi connectivity index (χ1v) is 11.1. The van der Waals surface area contributed by atoms with Crippen molar-refractivity contribution in [1.82, 2.24) is 35.3 Å². The number of fused-ring (bicyclic) bond motifs is 1. The predicted octanol–water partition coefficient (Wildman–Crippen LogP) is 2.95. The number of amides is 1. The van der Waals surface area contributed by atoms with Crippen LogP contribution in [-0.4, -0.2) is 42.5 Å². The van der Waals surface area contributed by atoms with Crippen LogP contribution < -0.4 is 5.32 Å². The van der Waals surface area contributed by atoms with Crippen LogP contribution in [0.5, 0.6) is 0 Å². The molecule has 1 unspecified atom stereocenters. The van der Waals surface area contributed by atoms with Gasteiger partial charge in [0, 0.05) is 12.7 Å². The summed E-state index contributed by atoms with van der Waals surface area (Å²) in [5, 5.41) is 17.4. The standard InChI is InChI=1S/C22H27N7O/c1-13(20-25-27-28-26-20)17-11-29-18(3-2-4-19(29)24-17)21(30)23-12-22-8-14-5-15(9-22)7-16(6-14)10-22/h2-4,11,13-16H,5-10,12H2,1H3,(H,23,30)(H,25,26,27,28). The Hall–Kier alpha value is -2.77. The van der Waals surface area contributed by atoms with Gasteiger partial charge in [-0.3, -0.25) is 9.20 Å². The van der Waals surface area contributed by atoms with E-state index in [2.05, 4.69) is 25.9 Å². The number of rotatable bonds is 5. The Morgan fingerprint density at radius 1 is 1.23 bits per heavy atom. The van der Waals surface area contributed by atoms with Crippen molar-refractivity contribution in [3.05, 3.63) is 41.6 Å². The summed E-state index contributed by atoms with van der Waals surface area (Å²) < 4.78 is 1.88. The monoisotopic (exact) mass is 405 g/mol. The molecule has 4 aliphatic carbocycles. The maximum atomic E-state index is 13.2. The van der Waals surface area contributed by atoms with Gasteiger partial charge in [-0.05, 0) is 91.2 Å². The first kappa shape index (κ1) is 18.0. The second-order valence-corrected chi connectivity index (χ2v) is 9.91. The zero-order chi connectivity index (χ0) is 20.3. The second-order valence-electron chi connectivity index (χ2n) is 9.91. The summed E-state index contributed by atoms with van der Waals surface area (Å²) >= 11 is 0. The number of aromatic amines is 1. The van der Waals surface area contributed by atoms with Crippen LogP contribution in [0.15, 0.2) is 24.4 Å². The zero-order valence-electron chi connectivity index (χ0n) is 17.2. The van der Waals surface area contributed by atoms with Crippen LogP contribution in [0.1, 0.15) is 73.4 Å². The van der Waals surface area contributed by atoms with Gasteiger partial charge in [-0.25, -0.2) is 10.1 Å². The number of nitrogens with one attached hydrogen (secondary N) is 2. The highest BCUT2D eigenvalue weighted by Crippen LogP contribution is 2.59. The lowest BCUT2D eigenvalue weighted by Crippen LogP contribution is -2.51. The van der Waals surface area contributed by atoms with Gasteiger partial charge in [0.05, 0.1) is 11.6 Å². The molecule has 4 aliphatic rings. The summed E-state index contributed by atoms with van der Waals surface area (Å²) in [6.45, 7) is 2.80. The smallest absolute Gasteiger partial charge is 0.268 e. The van der Waals surface area contributed by atoms with E-state index >= 15 is 0 Å². The molecule has 8 nitrogen and oxygen atoms in total. The Labute approximate surface area is 174 Å². The van der Waals surface area contributed by atoms with Crippen molar-refractivity contribution in [2.24, 2.45) is 23.2 Å². The van der Waals surface area contributed by atoms with Crippen LogP contribution in [0.2, 0.25) is 0 Å². The molecule has 0 saturated heterocycles. The molecular formula is C22H27N7O. The second kappa shape index (κ2) is 6.62. The molecule has 1 atom stereocenters. The summed E-state index contributed by atoms with van der Waals surface area (Å²) in [5.41, 5.74) is 2.53. The SMILES string of the molecule is CC(c1cn2c(C(=O)NCC34CC5CC(CC(C5)C3)C4)cccc2n1)c1nnn[nH]1. The van der Waals surface area contributed by atoms with Crippen LogP contribution in [0, 0.1) is 23.2 Å². The van der Waals surface area contributed by atoms with Gasteiger partial charge >= 0.3 is 0 Å². The first-order chi connectivity index (χ1) is 14.6.